The second kappa shape index (κ2) is 8.99. The van der Waals surface area contributed by atoms with Gasteiger partial charge in [0, 0.05) is 37.6 Å². The largest absolute Gasteiger partial charge is 0.492 e. The number of benzene rings is 1. The van der Waals surface area contributed by atoms with Crippen molar-refractivity contribution in [2.45, 2.75) is 25.4 Å². The molecule has 1 unspecified atom stereocenters. The minimum Gasteiger partial charge on any atom is -0.492 e. The summed E-state index contributed by atoms with van der Waals surface area (Å²) in [6.07, 6.45) is 2.65. The molecule has 3 fully saturated rings. The maximum atomic E-state index is 12.6. The molecule has 0 N–H and O–H groups in total. The lowest BCUT2D eigenvalue weighted by Gasteiger charge is -2.36. The molecule has 3 aliphatic heterocycles. The smallest absolute Gasteiger partial charge is 0.312 e. The number of rotatable bonds is 6. The van der Waals surface area contributed by atoms with E-state index >= 15 is 0 Å². The zero-order valence-corrected chi connectivity index (χ0v) is 17.0. The van der Waals surface area contributed by atoms with Crippen molar-refractivity contribution >= 4 is 17.6 Å². The molecule has 1 aromatic rings. The third-order valence-corrected chi connectivity index (χ3v) is 6.45. The summed E-state index contributed by atoms with van der Waals surface area (Å²) in [7, 11) is 0. The van der Waals surface area contributed by atoms with Crippen LogP contribution in [0.3, 0.4) is 0 Å². The minimum atomic E-state index is -0.273. The van der Waals surface area contributed by atoms with Crippen molar-refractivity contribution in [3.05, 3.63) is 29.3 Å². The number of carbonyl (C=O) groups excluding carboxylic acids is 1. The second-order valence-electron chi connectivity index (χ2n) is 8.07. The third-order valence-electron chi connectivity index (χ3n) is 6.19. The van der Waals surface area contributed by atoms with Crippen LogP contribution < -0.4 is 4.74 Å². The summed E-state index contributed by atoms with van der Waals surface area (Å²) in [5, 5.41) is 0.712. The molecule has 4 rings (SSSR count). The van der Waals surface area contributed by atoms with E-state index in [0.29, 0.717) is 11.6 Å². The molecule has 3 heterocycles. The summed E-state index contributed by atoms with van der Waals surface area (Å²) in [5.41, 5.74) is -0.273. The zero-order valence-electron chi connectivity index (χ0n) is 16.3. The summed E-state index contributed by atoms with van der Waals surface area (Å²) in [6.45, 7) is 7.61. The van der Waals surface area contributed by atoms with Crippen molar-refractivity contribution in [1.82, 2.24) is 9.80 Å². The van der Waals surface area contributed by atoms with Gasteiger partial charge in [-0.1, -0.05) is 11.6 Å². The quantitative estimate of drug-likeness (QED) is 0.674. The van der Waals surface area contributed by atoms with Crippen LogP contribution in [-0.4, -0.2) is 81.0 Å². The Balaban J connectivity index is 1.20. The molecule has 3 aliphatic rings. The van der Waals surface area contributed by atoms with Crippen LogP contribution >= 0.6 is 11.6 Å². The molecular weight excluding hydrogens is 380 g/mol. The van der Waals surface area contributed by atoms with Gasteiger partial charge in [-0.25, -0.2) is 0 Å². The number of morpholine rings is 1. The van der Waals surface area contributed by atoms with Gasteiger partial charge in [0.2, 0.25) is 0 Å². The van der Waals surface area contributed by atoms with Crippen LogP contribution in [0.15, 0.2) is 24.3 Å². The Hall–Kier alpha value is -1.34. The van der Waals surface area contributed by atoms with E-state index in [1.165, 1.54) is 0 Å². The SMILES string of the molecule is O=C1OC(CN2CCOCC2)CC12CCN(CCOc1ccc(Cl)cc1)CC2. The first-order chi connectivity index (χ1) is 13.6. The van der Waals surface area contributed by atoms with Gasteiger partial charge in [0.15, 0.2) is 0 Å². The van der Waals surface area contributed by atoms with Gasteiger partial charge in [-0.2, -0.15) is 0 Å². The lowest BCUT2D eigenvalue weighted by atomic mass is 9.76. The lowest BCUT2D eigenvalue weighted by Crippen LogP contribution is -2.44. The molecule has 28 heavy (non-hydrogen) atoms. The van der Waals surface area contributed by atoms with Gasteiger partial charge < -0.3 is 14.2 Å². The van der Waals surface area contributed by atoms with E-state index in [0.717, 1.165) is 77.5 Å². The molecule has 0 bridgehead atoms. The van der Waals surface area contributed by atoms with Crippen LogP contribution in [0, 0.1) is 5.41 Å². The Labute approximate surface area is 171 Å². The van der Waals surface area contributed by atoms with Crippen LogP contribution in [-0.2, 0) is 14.3 Å². The van der Waals surface area contributed by atoms with E-state index in [4.69, 9.17) is 25.8 Å². The number of cyclic esters (lactones) is 1. The van der Waals surface area contributed by atoms with Gasteiger partial charge in [0.1, 0.15) is 18.5 Å². The maximum Gasteiger partial charge on any atom is 0.312 e. The van der Waals surface area contributed by atoms with Crippen LogP contribution in [0.2, 0.25) is 5.02 Å². The monoisotopic (exact) mass is 408 g/mol. The van der Waals surface area contributed by atoms with Crippen molar-refractivity contribution in [3.63, 3.8) is 0 Å². The van der Waals surface area contributed by atoms with Gasteiger partial charge in [0.25, 0.3) is 0 Å². The molecule has 1 aromatic carbocycles. The highest BCUT2D eigenvalue weighted by molar-refractivity contribution is 6.30. The summed E-state index contributed by atoms with van der Waals surface area (Å²) in [4.78, 5) is 17.3. The van der Waals surface area contributed by atoms with Crippen molar-refractivity contribution in [2.24, 2.45) is 5.41 Å². The van der Waals surface area contributed by atoms with Crippen LogP contribution in [0.1, 0.15) is 19.3 Å². The van der Waals surface area contributed by atoms with E-state index in [9.17, 15) is 4.79 Å². The number of nitrogens with zero attached hydrogens (tertiary/aromatic N) is 2. The van der Waals surface area contributed by atoms with E-state index in [1.807, 2.05) is 24.3 Å². The Bertz CT molecular complexity index is 655. The normalized spacial score (nSPS) is 25.8. The van der Waals surface area contributed by atoms with E-state index < -0.39 is 0 Å². The zero-order chi connectivity index (χ0) is 19.4. The third kappa shape index (κ3) is 4.79. The predicted octanol–water partition coefficient (Wildman–Crippen LogP) is 2.45. The average molecular weight is 409 g/mol. The Morgan fingerprint density at radius 1 is 1.07 bits per heavy atom. The number of esters is 1. The van der Waals surface area contributed by atoms with Crippen molar-refractivity contribution in [2.75, 3.05) is 59.1 Å². The average Bonchev–Trinajstić information content (AvgIpc) is 3.00. The fourth-order valence-electron chi connectivity index (χ4n) is 4.45. The molecule has 0 aromatic heterocycles. The molecule has 0 amide bonds. The van der Waals surface area contributed by atoms with Crippen LogP contribution in [0.25, 0.3) is 0 Å². The van der Waals surface area contributed by atoms with Gasteiger partial charge in [-0.15, -0.1) is 0 Å². The highest BCUT2D eigenvalue weighted by Crippen LogP contribution is 2.43. The first-order valence-corrected chi connectivity index (χ1v) is 10.6. The number of halogens is 1. The van der Waals surface area contributed by atoms with Crippen molar-refractivity contribution in [1.29, 1.82) is 0 Å². The molecule has 1 spiro atoms. The minimum absolute atomic E-state index is 0.0165. The molecule has 3 saturated heterocycles. The Kier molecular flexibility index (Phi) is 6.41. The second-order valence-corrected chi connectivity index (χ2v) is 8.51. The highest BCUT2D eigenvalue weighted by Gasteiger charge is 2.50. The lowest BCUT2D eigenvalue weighted by molar-refractivity contribution is -0.151. The fourth-order valence-corrected chi connectivity index (χ4v) is 4.57. The summed E-state index contributed by atoms with van der Waals surface area (Å²) >= 11 is 5.89. The number of piperidine rings is 1. The van der Waals surface area contributed by atoms with Gasteiger partial charge in [0.05, 0.1) is 18.6 Å². The molecule has 6 nitrogen and oxygen atoms in total. The molecule has 0 saturated carbocycles. The number of carbonyl (C=O) groups is 1. The number of likely N-dealkylation sites (tertiary alicyclic amines) is 1. The van der Waals surface area contributed by atoms with E-state index in [1.54, 1.807) is 0 Å². The molecule has 7 heteroatoms. The van der Waals surface area contributed by atoms with Crippen LogP contribution in [0.4, 0.5) is 0 Å². The Morgan fingerprint density at radius 2 is 1.79 bits per heavy atom. The molecule has 0 radical (unpaired) electrons. The number of hydrogen-bond donors (Lipinski definition) is 0. The summed E-state index contributed by atoms with van der Waals surface area (Å²) < 4.78 is 17.0. The molecule has 0 aliphatic carbocycles. The molecule has 1 atom stereocenters. The van der Waals surface area contributed by atoms with E-state index in [2.05, 4.69) is 9.80 Å². The summed E-state index contributed by atoms with van der Waals surface area (Å²) in [5.74, 6) is 0.853. The van der Waals surface area contributed by atoms with Crippen molar-refractivity contribution in [3.8, 4) is 5.75 Å². The predicted molar refractivity (Wildman–Crippen MR) is 107 cm³/mol. The number of ether oxygens (including phenoxy) is 3. The highest BCUT2D eigenvalue weighted by atomic mass is 35.5. The van der Waals surface area contributed by atoms with Gasteiger partial charge >= 0.3 is 5.97 Å². The van der Waals surface area contributed by atoms with Gasteiger partial charge in [-0.05, 0) is 50.2 Å². The Morgan fingerprint density at radius 3 is 2.50 bits per heavy atom. The first-order valence-electron chi connectivity index (χ1n) is 10.2. The van der Waals surface area contributed by atoms with Gasteiger partial charge in [-0.3, -0.25) is 14.6 Å². The van der Waals surface area contributed by atoms with Crippen LogP contribution in [0.5, 0.6) is 5.75 Å². The van der Waals surface area contributed by atoms with E-state index in [-0.39, 0.29) is 17.5 Å². The standard InChI is InChI=1S/C21H29ClN2O4/c22-17-1-3-18(4-2-17)27-14-11-23-7-5-21(6-8-23)15-19(28-20(21)25)16-24-9-12-26-13-10-24/h1-4,19H,5-16H2. The summed E-state index contributed by atoms with van der Waals surface area (Å²) in [6, 6.07) is 7.44. The topological polar surface area (TPSA) is 51.2 Å². The maximum absolute atomic E-state index is 12.6. The first kappa shape index (κ1) is 20.0. The molecule has 154 valence electrons. The molecular formula is C21H29ClN2O4. The fraction of sp³-hybridized carbons (Fsp3) is 0.667. The number of hydrogen-bond acceptors (Lipinski definition) is 6. The van der Waals surface area contributed by atoms with Crippen molar-refractivity contribution < 1.29 is 19.0 Å².